The second kappa shape index (κ2) is 9.42. The Balaban J connectivity index is 2.10. The van der Waals surface area contributed by atoms with Gasteiger partial charge in [-0.15, -0.1) is 0 Å². The van der Waals surface area contributed by atoms with E-state index in [1.807, 2.05) is 24.3 Å². The molecule has 1 aromatic rings. The zero-order valence-corrected chi connectivity index (χ0v) is 16.2. The van der Waals surface area contributed by atoms with Crippen molar-refractivity contribution in [2.75, 3.05) is 26.4 Å². The van der Waals surface area contributed by atoms with Crippen LogP contribution in [0.2, 0.25) is 18.1 Å². The van der Waals surface area contributed by atoms with Crippen molar-refractivity contribution >= 4 is 8.32 Å². The van der Waals surface area contributed by atoms with Crippen LogP contribution >= 0.6 is 0 Å². The first kappa shape index (κ1) is 20.2. The number of hydrogen-bond acceptors (Lipinski definition) is 4. The van der Waals surface area contributed by atoms with Gasteiger partial charge in [0.05, 0.1) is 13.2 Å². The molecule has 0 aliphatic heterocycles. The molecule has 0 radical (unpaired) electrons. The third kappa shape index (κ3) is 7.04. The molecule has 4 nitrogen and oxygen atoms in total. The summed E-state index contributed by atoms with van der Waals surface area (Å²) in [5.74, 6) is 0.722. The van der Waals surface area contributed by atoms with Gasteiger partial charge in [-0.1, -0.05) is 39.0 Å². The monoisotopic (exact) mass is 340 g/mol. The van der Waals surface area contributed by atoms with Crippen LogP contribution in [0.1, 0.15) is 32.8 Å². The van der Waals surface area contributed by atoms with Crippen molar-refractivity contribution in [2.24, 2.45) is 0 Å². The summed E-state index contributed by atoms with van der Waals surface area (Å²) >= 11 is 0. The maximum Gasteiger partial charge on any atom is 0.191 e. The molecule has 1 rings (SSSR count). The number of para-hydroxylation sites is 1. The Labute approximate surface area is 141 Å². The molecule has 0 fully saturated rings. The highest BCUT2D eigenvalue weighted by atomic mass is 28.4. The summed E-state index contributed by atoms with van der Waals surface area (Å²) in [5, 5.41) is 9.47. The van der Waals surface area contributed by atoms with Gasteiger partial charge in [-0.2, -0.15) is 0 Å². The van der Waals surface area contributed by atoms with Crippen LogP contribution in [0, 0.1) is 0 Å². The summed E-state index contributed by atoms with van der Waals surface area (Å²) in [6.07, 6.45) is 0.903. The minimum absolute atomic E-state index is 0.0121. The number of ether oxygens (including phenoxy) is 2. The van der Waals surface area contributed by atoms with Crippen LogP contribution in [0.4, 0.5) is 0 Å². The third-order valence-corrected chi connectivity index (χ3v) is 8.87. The van der Waals surface area contributed by atoms with Gasteiger partial charge < -0.3 is 19.0 Å². The molecule has 0 spiro atoms. The molecule has 0 saturated heterocycles. The Bertz CT molecular complexity index is 455. The average molecular weight is 341 g/mol. The topological polar surface area (TPSA) is 47.9 Å². The molecule has 0 aliphatic carbocycles. The summed E-state index contributed by atoms with van der Waals surface area (Å²) < 4.78 is 17.3. The Hall–Kier alpha value is -0.883. The minimum atomic E-state index is -1.64. The normalized spacial score (nSPS) is 12.4. The van der Waals surface area contributed by atoms with Crippen LogP contribution in [0.15, 0.2) is 24.3 Å². The lowest BCUT2D eigenvalue weighted by molar-refractivity contribution is 0.0884. The number of aliphatic hydroxyl groups is 1. The van der Waals surface area contributed by atoms with Crippen LogP contribution in [0.3, 0.4) is 0 Å². The zero-order chi connectivity index (χ0) is 17.3. The highest BCUT2D eigenvalue weighted by molar-refractivity contribution is 6.74. The van der Waals surface area contributed by atoms with Crippen LogP contribution in [-0.4, -0.2) is 39.9 Å². The molecule has 0 heterocycles. The van der Waals surface area contributed by atoms with Crippen LogP contribution in [0.25, 0.3) is 0 Å². The number of benzene rings is 1. The van der Waals surface area contributed by atoms with Crippen molar-refractivity contribution in [1.29, 1.82) is 0 Å². The summed E-state index contributed by atoms with van der Waals surface area (Å²) in [5.41, 5.74) is 0.801. The van der Waals surface area contributed by atoms with E-state index in [4.69, 9.17) is 13.9 Å². The Kier molecular flexibility index (Phi) is 8.26. The summed E-state index contributed by atoms with van der Waals surface area (Å²) in [7, 11) is -1.64. The van der Waals surface area contributed by atoms with Gasteiger partial charge in [-0.05, 0) is 30.6 Å². The fourth-order valence-corrected chi connectivity index (χ4v) is 2.88. The average Bonchev–Trinajstić information content (AvgIpc) is 2.49. The van der Waals surface area contributed by atoms with Crippen molar-refractivity contribution in [3.63, 3.8) is 0 Å². The van der Waals surface area contributed by atoms with E-state index in [9.17, 15) is 5.11 Å². The molecule has 1 aromatic carbocycles. The number of aliphatic hydroxyl groups excluding tert-OH is 1. The minimum Gasteiger partial charge on any atom is -0.491 e. The van der Waals surface area contributed by atoms with Gasteiger partial charge in [0.2, 0.25) is 0 Å². The van der Waals surface area contributed by atoms with Gasteiger partial charge >= 0.3 is 0 Å². The molecule has 0 bridgehead atoms. The first-order valence-electron chi connectivity index (χ1n) is 8.31. The first-order chi connectivity index (χ1) is 10.8. The van der Waals surface area contributed by atoms with Gasteiger partial charge in [-0.25, -0.2) is 0 Å². The van der Waals surface area contributed by atoms with E-state index in [0.29, 0.717) is 19.8 Å². The van der Waals surface area contributed by atoms with Gasteiger partial charge in [-0.3, -0.25) is 0 Å². The zero-order valence-electron chi connectivity index (χ0n) is 15.2. The summed E-state index contributed by atoms with van der Waals surface area (Å²) in [4.78, 5) is 0. The molecule has 0 saturated carbocycles. The van der Waals surface area contributed by atoms with E-state index in [2.05, 4.69) is 33.9 Å². The number of rotatable bonds is 10. The standard InChI is InChI=1S/C18H32O4Si/c1-18(2,3)23(4,5)22-12-8-11-20-13-14-21-17-10-7-6-9-16(17)15-19/h6-7,9-10,19H,8,11-15H2,1-5H3. The van der Waals surface area contributed by atoms with Gasteiger partial charge in [0, 0.05) is 18.8 Å². The maximum absolute atomic E-state index is 9.22. The molecule has 0 aromatic heterocycles. The lowest BCUT2D eigenvalue weighted by Crippen LogP contribution is -2.41. The molecule has 0 atom stereocenters. The van der Waals surface area contributed by atoms with Crippen LogP contribution in [0.5, 0.6) is 5.75 Å². The quantitative estimate of drug-likeness (QED) is 0.517. The second-order valence-corrected chi connectivity index (χ2v) is 12.0. The van der Waals surface area contributed by atoms with Gasteiger partial charge in [0.15, 0.2) is 8.32 Å². The molecule has 0 aliphatic rings. The first-order valence-corrected chi connectivity index (χ1v) is 11.2. The maximum atomic E-state index is 9.22. The van der Waals surface area contributed by atoms with Crippen molar-refractivity contribution in [1.82, 2.24) is 0 Å². The highest BCUT2D eigenvalue weighted by Gasteiger charge is 2.36. The van der Waals surface area contributed by atoms with E-state index in [0.717, 1.165) is 24.3 Å². The Morgan fingerprint density at radius 1 is 1.00 bits per heavy atom. The molecule has 1 N–H and O–H groups in total. The van der Waals surface area contributed by atoms with Gasteiger partial charge in [0.25, 0.3) is 0 Å². The largest absolute Gasteiger partial charge is 0.491 e. The molecule has 132 valence electrons. The lowest BCUT2D eigenvalue weighted by Gasteiger charge is -2.36. The highest BCUT2D eigenvalue weighted by Crippen LogP contribution is 2.36. The predicted molar refractivity (Wildman–Crippen MR) is 96.4 cm³/mol. The van der Waals surface area contributed by atoms with Gasteiger partial charge in [0.1, 0.15) is 12.4 Å². The molecule has 0 unspecified atom stereocenters. The van der Waals surface area contributed by atoms with E-state index < -0.39 is 8.32 Å². The van der Waals surface area contributed by atoms with Crippen molar-refractivity contribution in [3.8, 4) is 5.75 Å². The van der Waals surface area contributed by atoms with Crippen LogP contribution in [-0.2, 0) is 15.8 Å². The molecule has 5 heteroatoms. The van der Waals surface area contributed by atoms with E-state index >= 15 is 0 Å². The fraction of sp³-hybridized carbons (Fsp3) is 0.667. The summed E-state index contributed by atoms with van der Waals surface area (Å²) in [6, 6.07) is 7.50. The molecule has 0 amide bonds. The molecular weight excluding hydrogens is 308 g/mol. The molecule has 23 heavy (non-hydrogen) atoms. The SMILES string of the molecule is CC(C)(C)[Si](C)(C)OCCCOCCOc1ccccc1CO. The smallest absolute Gasteiger partial charge is 0.191 e. The van der Waals surface area contributed by atoms with Crippen molar-refractivity contribution in [3.05, 3.63) is 29.8 Å². The van der Waals surface area contributed by atoms with Crippen LogP contribution < -0.4 is 4.74 Å². The summed E-state index contributed by atoms with van der Waals surface area (Å²) in [6.45, 7) is 13.7. The predicted octanol–water partition coefficient (Wildman–Crippen LogP) is 3.99. The second-order valence-electron chi connectivity index (χ2n) is 7.19. The lowest BCUT2D eigenvalue weighted by atomic mass is 10.2. The van der Waals surface area contributed by atoms with E-state index in [-0.39, 0.29) is 11.6 Å². The number of hydrogen-bond donors (Lipinski definition) is 1. The molecular formula is C18H32O4Si. The van der Waals surface area contributed by atoms with E-state index in [1.165, 1.54) is 0 Å². The Morgan fingerprint density at radius 3 is 2.35 bits per heavy atom. The Morgan fingerprint density at radius 2 is 1.70 bits per heavy atom. The van der Waals surface area contributed by atoms with Crippen molar-refractivity contribution < 1.29 is 19.0 Å². The van der Waals surface area contributed by atoms with Crippen molar-refractivity contribution in [2.45, 2.75) is 51.9 Å². The fourth-order valence-electron chi connectivity index (χ4n) is 1.79. The van der Waals surface area contributed by atoms with E-state index in [1.54, 1.807) is 0 Å². The third-order valence-electron chi connectivity index (χ3n) is 4.33.